The van der Waals surface area contributed by atoms with Gasteiger partial charge in [0.1, 0.15) is 12.4 Å². The van der Waals surface area contributed by atoms with Crippen molar-refractivity contribution in [2.45, 2.75) is 45.6 Å². The van der Waals surface area contributed by atoms with E-state index in [0.29, 0.717) is 18.6 Å². The third-order valence-corrected chi connectivity index (χ3v) is 4.06. The van der Waals surface area contributed by atoms with E-state index in [1.165, 1.54) is 5.56 Å². The highest BCUT2D eigenvalue weighted by atomic mass is 16.5. The summed E-state index contributed by atoms with van der Waals surface area (Å²) in [5, 5.41) is 8.75. The second-order valence-electron chi connectivity index (χ2n) is 6.11. The van der Waals surface area contributed by atoms with Gasteiger partial charge in [0.05, 0.1) is 18.2 Å². The third kappa shape index (κ3) is 6.98. The van der Waals surface area contributed by atoms with Gasteiger partial charge in [-0.15, -0.1) is 0 Å². The zero-order chi connectivity index (χ0) is 18.6. The topological polar surface area (TPSA) is 59.3 Å². The van der Waals surface area contributed by atoms with Crippen molar-refractivity contribution in [3.05, 3.63) is 65.2 Å². The lowest BCUT2D eigenvalue weighted by Gasteiger charge is -2.06. The molecule has 4 nitrogen and oxygen atoms in total. The van der Waals surface area contributed by atoms with Crippen molar-refractivity contribution < 1.29 is 14.3 Å². The van der Waals surface area contributed by atoms with Crippen LogP contribution in [0.5, 0.6) is 5.75 Å². The van der Waals surface area contributed by atoms with Gasteiger partial charge in [-0.25, -0.2) is 0 Å². The monoisotopic (exact) mass is 351 g/mol. The fraction of sp³-hybridized carbons (Fsp3) is 0.364. The van der Waals surface area contributed by atoms with E-state index in [4.69, 9.17) is 14.7 Å². The molecule has 0 aliphatic carbocycles. The summed E-state index contributed by atoms with van der Waals surface area (Å²) >= 11 is 0. The molecule has 0 aliphatic heterocycles. The summed E-state index contributed by atoms with van der Waals surface area (Å²) < 4.78 is 10.7. The number of ether oxygens (including phenoxy) is 2. The van der Waals surface area contributed by atoms with Crippen LogP contribution in [0.2, 0.25) is 0 Å². The molecule has 0 N–H and O–H groups in total. The smallest absolute Gasteiger partial charge is 0.306 e. The molecule has 0 spiro atoms. The number of esters is 1. The van der Waals surface area contributed by atoms with Crippen molar-refractivity contribution in [3.63, 3.8) is 0 Å². The van der Waals surface area contributed by atoms with E-state index in [9.17, 15) is 4.79 Å². The van der Waals surface area contributed by atoms with Gasteiger partial charge in [-0.2, -0.15) is 5.26 Å². The van der Waals surface area contributed by atoms with Crippen LogP contribution in [0.4, 0.5) is 0 Å². The fourth-order valence-corrected chi connectivity index (χ4v) is 2.61. The lowest BCUT2D eigenvalue weighted by Crippen LogP contribution is -2.04. The average Bonchev–Trinajstić information content (AvgIpc) is 2.68. The van der Waals surface area contributed by atoms with Gasteiger partial charge < -0.3 is 9.47 Å². The van der Waals surface area contributed by atoms with E-state index in [1.807, 2.05) is 31.2 Å². The van der Waals surface area contributed by atoms with Gasteiger partial charge >= 0.3 is 5.97 Å². The van der Waals surface area contributed by atoms with Crippen molar-refractivity contribution in [1.82, 2.24) is 0 Å². The number of hydrogen-bond donors (Lipinski definition) is 0. The number of benzene rings is 2. The molecule has 0 saturated carbocycles. The number of aryl methyl sites for hydroxylation is 1. The van der Waals surface area contributed by atoms with E-state index < -0.39 is 0 Å². The molecule has 0 radical (unpaired) electrons. The Labute approximate surface area is 155 Å². The summed E-state index contributed by atoms with van der Waals surface area (Å²) in [5.74, 6) is 0.733. The molecule has 2 aromatic carbocycles. The van der Waals surface area contributed by atoms with Gasteiger partial charge in [0.25, 0.3) is 0 Å². The lowest BCUT2D eigenvalue weighted by molar-refractivity contribution is -0.145. The Morgan fingerprint density at radius 1 is 0.962 bits per heavy atom. The number of carbonyl (C=O) groups is 1. The molecule has 0 amide bonds. The molecule has 136 valence electrons. The van der Waals surface area contributed by atoms with Crippen molar-refractivity contribution >= 4 is 5.97 Å². The molecular formula is C22H25NO3. The van der Waals surface area contributed by atoms with Crippen LogP contribution in [0.25, 0.3) is 0 Å². The molecule has 0 aliphatic rings. The van der Waals surface area contributed by atoms with Crippen LogP contribution in [-0.4, -0.2) is 12.6 Å². The zero-order valence-electron chi connectivity index (χ0n) is 15.2. The van der Waals surface area contributed by atoms with Crippen LogP contribution in [0.3, 0.4) is 0 Å². The Kier molecular flexibility index (Phi) is 8.21. The summed E-state index contributed by atoms with van der Waals surface area (Å²) in [5.41, 5.74) is 2.79. The SMILES string of the molecule is CCOc1ccc(CCCCCC(=O)OCc2ccc(C#N)cc2)cc1. The first-order chi connectivity index (χ1) is 12.7. The van der Waals surface area contributed by atoms with Crippen LogP contribution in [0.1, 0.15) is 49.3 Å². The third-order valence-electron chi connectivity index (χ3n) is 4.06. The average molecular weight is 351 g/mol. The Balaban J connectivity index is 1.57. The Hall–Kier alpha value is -2.80. The molecule has 0 unspecified atom stereocenters. The van der Waals surface area contributed by atoms with Crippen molar-refractivity contribution in [3.8, 4) is 11.8 Å². The number of nitriles is 1. The molecule has 4 heteroatoms. The van der Waals surface area contributed by atoms with Crippen LogP contribution >= 0.6 is 0 Å². The number of hydrogen-bond acceptors (Lipinski definition) is 4. The number of nitrogens with zero attached hydrogens (tertiary/aromatic N) is 1. The van der Waals surface area contributed by atoms with E-state index >= 15 is 0 Å². The Morgan fingerprint density at radius 2 is 1.65 bits per heavy atom. The molecular weight excluding hydrogens is 326 g/mol. The van der Waals surface area contributed by atoms with Crippen LogP contribution < -0.4 is 4.74 Å². The number of unbranched alkanes of at least 4 members (excludes halogenated alkanes) is 2. The first-order valence-electron chi connectivity index (χ1n) is 9.07. The minimum Gasteiger partial charge on any atom is -0.494 e. The quantitative estimate of drug-likeness (QED) is 0.455. The molecule has 0 fully saturated rings. The number of rotatable bonds is 10. The van der Waals surface area contributed by atoms with Crippen molar-refractivity contribution in [2.75, 3.05) is 6.61 Å². The van der Waals surface area contributed by atoms with Gasteiger partial charge in [-0.05, 0) is 61.6 Å². The first kappa shape index (κ1) is 19.5. The maximum absolute atomic E-state index is 11.8. The normalized spacial score (nSPS) is 10.2. The molecule has 0 heterocycles. The van der Waals surface area contributed by atoms with Crippen LogP contribution in [0, 0.1) is 11.3 Å². The predicted octanol–water partition coefficient (Wildman–Crippen LogP) is 4.80. The van der Waals surface area contributed by atoms with Gasteiger partial charge in [0, 0.05) is 6.42 Å². The summed E-state index contributed by atoms with van der Waals surface area (Å²) in [6, 6.07) is 17.3. The van der Waals surface area contributed by atoms with E-state index in [1.54, 1.807) is 12.1 Å². The molecule has 2 aromatic rings. The van der Waals surface area contributed by atoms with Crippen molar-refractivity contribution in [1.29, 1.82) is 5.26 Å². The second kappa shape index (κ2) is 10.9. The highest BCUT2D eigenvalue weighted by Gasteiger charge is 2.04. The summed E-state index contributed by atoms with van der Waals surface area (Å²) in [6.07, 6.45) is 4.34. The van der Waals surface area contributed by atoms with E-state index in [0.717, 1.165) is 37.0 Å². The molecule has 0 saturated heterocycles. The van der Waals surface area contributed by atoms with Crippen molar-refractivity contribution in [2.24, 2.45) is 0 Å². The zero-order valence-corrected chi connectivity index (χ0v) is 15.2. The van der Waals surface area contributed by atoms with E-state index in [2.05, 4.69) is 18.2 Å². The largest absolute Gasteiger partial charge is 0.494 e. The first-order valence-corrected chi connectivity index (χ1v) is 9.07. The number of carbonyl (C=O) groups excluding carboxylic acids is 1. The highest BCUT2D eigenvalue weighted by Crippen LogP contribution is 2.15. The highest BCUT2D eigenvalue weighted by molar-refractivity contribution is 5.69. The van der Waals surface area contributed by atoms with E-state index in [-0.39, 0.29) is 12.6 Å². The van der Waals surface area contributed by atoms with Crippen LogP contribution in [-0.2, 0) is 22.6 Å². The predicted molar refractivity (Wildman–Crippen MR) is 101 cm³/mol. The minimum atomic E-state index is -0.171. The molecule has 0 bridgehead atoms. The maximum Gasteiger partial charge on any atom is 0.306 e. The molecule has 2 rings (SSSR count). The molecule has 0 atom stereocenters. The molecule has 0 aromatic heterocycles. The van der Waals surface area contributed by atoms with Gasteiger partial charge in [0.2, 0.25) is 0 Å². The summed E-state index contributed by atoms with van der Waals surface area (Å²) in [6.45, 7) is 2.92. The summed E-state index contributed by atoms with van der Waals surface area (Å²) in [7, 11) is 0. The van der Waals surface area contributed by atoms with Crippen LogP contribution in [0.15, 0.2) is 48.5 Å². The fourth-order valence-electron chi connectivity index (χ4n) is 2.61. The second-order valence-corrected chi connectivity index (χ2v) is 6.11. The molecule has 26 heavy (non-hydrogen) atoms. The Bertz CT molecular complexity index is 715. The minimum absolute atomic E-state index is 0.171. The standard InChI is InChI=1S/C22H25NO3/c1-2-25-21-14-12-18(13-15-21)6-4-3-5-7-22(24)26-17-20-10-8-19(16-23)9-11-20/h8-15H,2-7,17H2,1H3. The summed E-state index contributed by atoms with van der Waals surface area (Å²) in [4.78, 5) is 11.8. The van der Waals surface area contributed by atoms with Gasteiger partial charge in [-0.1, -0.05) is 30.7 Å². The maximum atomic E-state index is 11.8. The van der Waals surface area contributed by atoms with Gasteiger partial charge in [-0.3, -0.25) is 4.79 Å². The lowest BCUT2D eigenvalue weighted by atomic mass is 10.1. The van der Waals surface area contributed by atoms with Gasteiger partial charge in [0.15, 0.2) is 0 Å². The Morgan fingerprint density at radius 3 is 2.31 bits per heavy atom.